The summed E-state index contributed by atoms with van der Waals surface area (Å²) in [6.07, 6.45) is -0.0380. The highest BCUT2D eigenvalue weighted by Gasteiger charge is 2.49. The van der Waals surface area contributed by atoms with E-state index < -0.39 is 39.2 Å². The average molecular weight is 551 g/mol. The van der Waals surface area contributed by atoms with Gasteiger partial charge in [-0.2, -0.15) is 21.6 Å². The van der Waals surface area contributed by atoms with Gasteiger partial charge in [0.25, 0.3) is 11.8 Å². The Kier molecular flexibility index (Phi) is 7.06. The van der Waals surface area contributed by atoms with E-state index in [0.717, 1.165) is 11.0 Å². The molecule has 1 heterocycles. The SMILES string of the molecule is CCOC(=O)Cc1ccc(N2C(=O)c3c(OCC)cc4cccc(OS(=O)(=O)C(F)(F)F)c4c3C2=O)cc1. The molecule has 0 atom stereocenters. The highest BCUT2D eigenvalue weighted by atomic mass is 32.2. The van der Waals surface area contributed by atoms with Crippen LogP contribution in [0.1, 0.15) is 40.1 Å². The van der Waals surface area contributed by atoms with Gasteiger partial charge in [-0.1, -0.05) is 24.3 Å². The molecule has 1 aliphatic rings. The van der Waals surface area contributed by atoms with E-state index in [1.807, 2.05) is 0 Å². The Morgan fingerprint density at radius 2 is 1.58 bits per heavy atom. The van der Waals surface area contributed by atoms with E-state index in [2.05, 4.69) is 4.18 Å². The number of rotatable bonds is 8. The summed E-state index contributed by atoms with van der Waals surface area (Å²) >= 11 is 0. The van der Waals surface area contributed by atoms with Crippen molar-refractivity contribution < 1.29 is 49.6 Å². The Hall–Kier alpha value is -4.13. The Bertz CT molecular complexity index is 1550. The second-order valence-corrected chi connectivity index (χ2v) is 9.53. The Morgan fingerprint density at radius 1 is 0.921 bits per heavy atom. The second kappa shape index (κ2) is 9.97. The number of anilines is 1. The minimum atomic E-state index is -6.07. The first-order chi connectivity index (χ1) is 17.9. The largest absolute Gasteiger partial charge is 0.534 e. The van der Waals surface area contributed by atoms with Crippen LogP contribution in [0.2, 0.25) is 0 Å². The molecule has 1 aliphatic heterocycles. The van der Waals surface area contributed by atoms with Gasteiger partial charge in [-0.05, 0) is 49.1 Å². The van der Waals surface area contributed by atoms with E-state index in [1.54, 1.807) is 13.8 Å². The van der Waals surface area contributed by atoms with Gasteiger partial charge in [-0.15, -0.1) is 0 Å². The van der Waals surface area contributed by atoms with Gasteiger partial charge in [0.15, 0.2) is 5.75 Å². The number of hydrogen-bond acceptors (Lipinski definition) is 8. The van der Waals surface area contributed by atoms with Crippen molar-refractivity contribution in [2.45, 2.75) is 25.8 Å². The van der Waals surface area contributed by atoms with Crippen LogP contribution >= 0.6 is 0 Å². The topological polar surface area (TPSA) is 116 Å². The maximum absolute atomic E-state index is 13.6. The molecule has 13 heteroatoms. The van der Waals surface area contributed by atoms with Gasteiger partial charge in [-0.3, -0.25) is 14.4 Å². The van der Waals surface area contributed by atoms with Crippen molar-refractivity contribution in [3.8, 4) is 11.5 Å². The number of esters is 1. The number of imide groups is 1. The van der Waals surface area contributed by atoms with Gasteiger partial charge >= 0.3 is 21.6 Å². The zero-order valence-electron chi connectivity index (χ0n) is 20.0. The summed E-state index contributed by atoms with van der Waals surface area (Å²) in [6, 6.07) is 10.8. The van der Waals surface area contributed by atoms with Crippen LogP contribution in [0.3, 0.4) is 0 Å². The zero-order valence-corrected chi connectivity index (χ0v) is 20.8. The summed E-state index contributed by atoms with van der Waals surface area (Å²) in [6.45, 7) is 3.60. The van der Waals surface area contributed by atoms with Crippen LogP contribution in [0, 0.1) is 0 Å². The molecule has 0 aromatic heterocycles. The minimum absolute atomic E-state index is 0.00869. The molecule has 0 spiro atoms. The molecule has 3 aromatic rings. The van der Waals surface area contributed by atoms with Crippen LogP contribution in [0.4, 0.5) is 18.9 Å². The van der Waals surface area contributed by atoms with Gasteiger partial charge in [0, 0.05) is 5.39 Å². The molecular formula is C25H20F3NO8S. The first-order valence-electron chi connectivity index (χ1n) is 11.3. The molecule has 200 valence electrons. The van der Waals surface area contributed by atoms with Crippen LogP contribution in [0.5, 0.6) is 11.5 Å². The first-order valence-corrected chi connectivity index (χ1v) is 12.7. The van der Waals surface area contributed by atoms with E-state index in [4.69, 9.17) is 9.47 Å². The molecule has 2 amide bonds. The molecule has 0 unspecified atom stereocenters. The highest BCUT2D eigenvalue weighted by Crippen LogP contribution is 2.43. The Labute approximate surface area is 214 Å². The number of halogens is 3. The molecular weight excluding hydrogens is 531 g/mol. The van der Waals surface area contributed by atoms with Gasteiger partial charge in [-0.25, -0.2) is 4.90 Å². The predicted octanol–water partition coefficient (Wildman–Crippen LogP) is 4.37. The van der Waals surface area contributed by atoms with Crippen molar-refractivity contribution in [1.29, 1.82) is 0 Å². The normalized spacial score (nSPS) is 13.6. The molecule has 0 aliphatic carbocycles. The number of alkyl halides is 3. The number of hydrogen-bond donors (Lipinski definition) is 0. The lowest BCUT2D eigenvalue weighted by Gasteiger charge is -2.15. The van der Waals surface area contributed by atoms with Crippen LogP contribution in [0.25, 0.3) is 10.8 Å². The van der Waals surface area contributed by atoms with Gasteiger partial charge < -0.3 is 13.7 Å². The standard InChI is InChI=1S/C25H20F3NO8S/c1-3-35-18-13-15-6-5-7-17(37-38(33,34)25(26,27)28)20(15)22-21(18)23(31)29(24(22)32)16-10-8-14(9-11-16)12-19(30)36-4-2/h5-11,13H,3-4,12H2,1-2H3. The van der Waals surface area contributed by atoms with E-state index in [0.29, 0.717) is 5.56 Å². The molecule has 0 fully saturated rings. The fourth-order valence-electron chi connectivity index (χ4n) is 4.02. The van der Waals surface area contributed by atoms with Gasteiger partial charge in [0.2, 0.25) is 0 Å². The third-order valence-electron chi connectivity index (χ3n) is 5.56. The monoisotopic (exact) mass is 551 g/mol. The number of amides is 2. The van der Waals surface area contributed by atoms with Crippen LogP contribution in [-0.2, 0) is 26.1 Å². The molecule has 0 radical (unpaired) electrons. The Morgan fingerprint density at radius 3 is 2.18 bits per heavy atom. The van der Waals surface area contributed by atoms with Crippen molar-refractivity contribution in [2.75, 3.05) is 18.1 Å². The molecule has 9 nitrogen and oxygen atoms in total. The van der Waals surface area contributed by atoms with E-state index >= 15 is 0 Å². The third-order valence-corrected chi connectivity index (χ3v) is 6.52. The van der Waals surface area contributed by atoms with E-state index in [1.165, 1.54) is 42.5 Å². The summed E-state index contributed by atoms with van der Waals surface area (Å²) < 4.78 is 77.5. The summed E-state index contributed by atoms with van der Waals surface area (Å²) in [5.41, 5.74) is -5.67. The number of benzene rings is 3. The average Bonchev–Trinajstić information content (AvgIpc) is 3.09. The lowest BCUT2D eigenvalue weighted by atomic mass is 9.98. The van der Waals surface area contributed by atoms with Crippen molar-refractivity contribution in [3.05, 3.63) is 65.2 Å². The quantitative estimate of drug-likeness (QED) is 0.175. The summed E-state index contributed by atoms with van der Waals surface area (Å²) in [5, 5.41) is -0.173. The van der Waals surface area contributed by atoms with Crippen molar-refractivity contribution in [3.63, 3.8) is 0 Å². The summed E-state index contributed by atoms with van der Waals surface area (Å²) in [4.78, 5) is 39.6. The van der Waals surface area contributed by atoms with Crippen LogP contribution < -0.4 is 13.8 Å². The second-order valence-electron chi connectivity index (χ2n) is 7.99. The summed E-state index contributed by atoms with van der Waals surface area (Å²) in [5.74, 6) is -3.00. The summed E-state index contributed by atoms with van der Waals surface area (Å²) in [7, 11) is -6.07. The predicted molar refractivity (Wildman–Crippen MR) is 129 cm³/mol. The van der Waals surface area contributed by atoms with Gasteiger partial charge in [0.1, 0.15) is 5.75 Å². The van der Waals surface area contributed by atoms with Crippen molar-refractivity contribution in [2.24, 2.45) is 0 Å². The van der Waals surface area contributed by atoms with Crippen molar-refractivity contribution >= 4 is 44.4 Å². The fourth-order valence-corrected chi connectivity index (χ4v) is 4.49. The van der Waals surface area contributed by atoms with Crippen LogP contribution in [-0.4, -0.2) is 44.9 Å². The first kappa shape index (κ1) is 26.9. The van der Waals surface area contributed by atoms with Gasteiger partial charge in [0.05, 0.1) is 36.4 Å². The molecule has 0 saturated heterocycles. The maximum atomic E-state index is 13.6. The van der Waals surface area contributed by atoms with E-state index in [9.17, 15) is 36.0 Å². The smallest absolute Gasteiger partial charge is 0.493 e. The molecule has 0 N–H and O–H groups in total. The minimum Gasteiger partial charge on any atom is -0.493 e. The number of carbonyl (C=O) groups is 3. The molecule has 0 bridgehead atoms. The number of nitrogens with zero attached hydrogens (tertiary/aromatic N) is 1. The molecule has 0 saturated carbocycles. The van der Waals surface area contributed by atoms with Crippen LogP contribution in [0.15, 0.2) is 48.5 Å². The zero-order chi connectivity index (χ0) is 27.8. The number of carbonyl (C=O) groups excluding carboxylic acids is 3. The highest BCUT2D eigenvalue weighted by molar-refractivity contribution is 7.88. The molecule has 38 heavy (non-hydrogen) atoms. The molecule has 3 aromatic carbocycles. The fraction of sp³-hybridized carbons (Fsp3) is 0.240. The molecule has 4 rings (SSSR count). The van der Waals surface area contributed by atoms with E-state index in [-0.39, 0.29) is 53.0 Å². The van der Waals surface area contributed by atoms with Crippen molar-refractivity contribution in [1.82, 2.24) is 0 Å². The lowest BCUT2D eigenvalue weighted by Crippen LogP contribution is -2.29. The Balaban J connectivity index is 1.84. The number of ether oxygens (including phenoxy) is 2. The third kappa shape index (κ3) is 4.76. The lowest BCUT2D eigenvalue weighted by molar-refractivity contribution is -0.142. The maximum Gasteiger partial charge on any atom is 0.534 e. The number of fused-ring (bicyclic) bond motifs is 3.